The summed E-state index contributed by atoms with van der Waals surface area (Å²) in [7, 11) is 0. The van der Waals surface area contributed by atoms with Gasteiger partial charge in [-0.3, -0.25) is 14.4 Å². The second-order valence-corrected chi connectivity index (χ2v) is 11.4. The zero-order valence-corrected chi connectivity index (χ0v) is 20.5. The second kappa shape index (κ2) is 9.43. The molecule has 0 aromatic heterocycles. The highest BCUT2D eigenvalue weighted by molar-refractivity contribution is 8.01. The van der Waals surface area contributed by atoms with E-state index in [9.17, 15) is 19.5 Å². The third kappa shape index (κ3) is 4.39. The number of nitrogens with one attached hydrogen (secondary N) is 2. The summed E-state index contributed by atoms with van der Waals surface area (Å²) >= 11 is 1.60. The number of carbonyl (C=O) groups is 3. The molecule has 176 valence electrons. The zero-order chi connectivity index (χ0) is 23.8. The number of benzene rings is 1. The van der Waals surface area contributed by atoms with Gasteiger partial charge in [-0.05, 0) is 37.3 Å². The molecule has 1 fully saturated rings. The summed E-state index contributed by atoms with van der Waals surface area (Å²) in [5, 5.41) is 15.3. The van der Waals surface area contributed by atoms with Crippen LogP contribution in [0.15, 0.2) is 24.3 Å². The smallest absolute Gasteiger partial charge is 0.256 e. The topological polar surface area (TPSA) is 98.7 Å². The molecule has 3 N–H and O–H groups in total. The Kier molecular flexibility index (Phi) is 7.25. The molecule has 0 unspecified atom stereocenters. The third-order valence-electron chi connectivity index (χ3n) is 6.65. The summed E-state index contributed by atoms with van der Waals surface area (Å²) in [5.41, 5.74) is 1.57. The lowest BCUT2D eigenvalue weighted by Crippen LogP contribution is -2.59. The van der Waals surface area contributed by atoms with Crippen molar-refractivity contribution in [2.75, 3.05) is 6.61 Å². The van der Waals surface area contributed by atoms with Gasteiger partial charge in [0.05, 0.1) is 12.6 Å². The van der Waals surface area contributed by atoms with E-state index in [4.69, 9.17) is 0 Å². The minimum Gasteiger partial charge on any atom is -0.394 e. The van der Waals surface area contributed by atoms with Gasteiger partial charge in [-0.15, -0.1) is 11.8 Å². The molecule has 1 saturated heterocycles. The van der Waals surface area contributed by atoms with Crippen molar-refractivity contribution in [1.82, 2.24) is 15.5 Å². The molecule has 7 nitrogen and oxygen atoms in total. The van der Waals surface area contributed by atoms with E-state index in [0.717, 1.165) is 12.0 Å². The minimum absolute atomic E-state index is 0.110. The Morgan fingerprint density at radius 2 is 1.84 bits per heavy atom. The molecule has 2 aliphatic heterocycles. The zero-order valence-electron chi connectivity index (χ0n) is 19.7. The van der Waals surface area contributed by atoms with Crippen LogP contribution in [-0.4, -0.2) is 57.2 Å². The van der Waals surface area contributed by atoms with Crippen molar-refractivity contribution >= 4 is 29.5 Å². The first-order chi connectivity index (χ1) is 15.0. The van der Waals surface area contributed by atoms with Gasteiger partial charge < -0.3 is 20.6 Å². The molecule has 1 aromatic carbocycles. The van der Waals surface area contributed by atoms with E-state index in [2.05, 4.69) is 10.6 Å². The number of rotatable bonds is 8. The molecule has 0 bridgehead atoms. The van der Waals surface area contributed by atoms with Crippen LogP contribution in [0.3, 0.4) is 0 Å². The number of nitrogens with zero attached hydrogens (tertiary/aromatic N) is 1. The van der Waals surface area contributed by atoms with Crippen molar-refractivity contribution in [2.45, 2.75) is 76.2 Å². The molecule has 0 spiro atoms. The highest BCUT2D eigenvalue weighted by atomic mass is 32.2. The average molecular weight is 462 g/mol. The molecule has 0 radical (unpaired) electrons. The predicted octanol–water partition coefficient (Wildman–Crippen LogP) is 2.70. The van der Waals surface area contributed by atoms with Gasteiger partial charge in [-0.2, -0.15) is 0 Å². The minimum atomic E-state index is -0.763. The standard InChI is InChI=1S/C24H35N3O4S/c1-7-14(4)17(12-28)25-20(29)18(13(2)3)26-21(30)19-24(5,6)32-23-16-11-9-8-10-15(16)22(31)27(19)23/h8-11,13-14,17-19,23,28H,7,12H2,1-6H3,(H,25,29)(H,26,30)/t14-,17-,18+,19-,23+/m0/s1. The molecule has 3 amide bonds. The maximum Gasteiger partial charge on any atom is 0.256 e. The van der Waals surface area contributed by atoms with Gasteiger partial charge >= 0.3 is 0 Å². The Morgan fingerprint density at radius 1 is 1.19 bits per heavy atom. The number of aliphatic hydroxyl groups excluding tert-OH is 1. The molecule has 5 atom stereocenters. The molecular formula is C24H35N3O4S. The Balaban J connectivity index is 1.81. The van der Waals surface area contributed by atoms with E-state index in [1.54, 1.807) is 22.7 Å². The largest absolute Gasteiger partial charge is 0.394 e. The SMILES string of the molecule is CC[C@H](C)[C@H](CO)NC(=O)[C@H](NC(=O)[C@@H]1N2C(=O)c3ccccc3[C@H]2SC1(C)C)C(C)C. The average Bonchev–Trinajstić information content (AvgIpc) is 3.18. The number of amides is 3. The van der Waals surface area contributed by atoms with Gasteiger partial charge in [0.1, 0.15) is 17.5 Å². The van der Waals surface area contributed by atoms with Crippen LogP contribution in [0.5, 0.6) is 0 Å². The van der Waals surface area contributed by atoms with Gasteiger partial charge in [0.2, 0.25) is 11.8 Å². The summed E-state index contributed by atoms with van der Waals surface area (Å²) in [6, 6.07) is 5.64. The van der Waals surface area contributed by atoms with Gasteiger partial charge in [-0.25, -0.2) is 0 Å². The molecule has 1 aromatic rings. The quantitative estimate of drug-likeness (QED) is 0.553. The van der Waals surface area contributed by atoms with Gasteiger partial charge in [0.15, 0.2) is 0 Å². The molecule has 0 aliphatic carbocycles. The fourth-order valence-corrected chi connectivity index (χ4v) is 6.09. The van der Waals surface area contributed by atoms with E-state index in [-0.39, 0.29) is 47.6 Å². The van der Waals surface area contributed by atoms with Crippen LogP contribution >= 0.6 is 11.8 Å². The van der Waals surface area contributed by atoms with Gasteiger partial charge in [0, 0.05) is 10.3 Å². The van der Waals surface area contributed by atoms with E-state index in [1.165, 1.54) is 0 Å². The van der Waals surface area contributed by atoms with Gasteiger partial charge in [-0.1, -0.05) is 52.3 Å². The third-order valence-corrected chi connectivity index (χ3v) is 8.18. The summed E-state index contributed by atoms with van der Waals surface area (Å²) in [6.45, 7) is 11.5. The Morgan fingerprint density at radius 3 is 2.44 bits per heavy atom. The van der Waals surface area contributed by atoms with Crippen molar-refractivity contribution in [1.29, 1.82) is 0 Å². The van der Waals surface area contributed by atoms with Crippen molar-refractivity contribution in [3.8, 4) is 0 Å². The second-order valence-electron chi connectivity index (χ2n) is 9.69. The highest BCUT2D eigenvalue weighted by Gasteiger charge is 2.57. The number of hydrogen-bond donors (Lipinski definition) is 3. The van der Waals surface area contributed by atoms with Crippen LogP contribution < -0.4 is 10.6 Å². The molecule has 2 heterocycles. The maximum absolute atomic E-state index is 13.5. The summed E-state index contributed by atoms with van der Waals surface area (Å²) in [6.07, 6.45) is 0.816. The number of hydrogen-bond acceptors (Lipinski definition) is 5. The predicted molar refractivity (Wildman–Crippen MR) is 126 cm³/mol. The van der Waals surface area contributed by atoms with Crippen LogP contribution in [0.1, 0.15) is 69.3 Å². The number of fused-ring (bicyclic) bond motifs is 3. The Hall–Kier alpha value is -2.06. The van der Waals surface area contributed by atoms with Crippen molar-refractivity contribution in [3.63, 3.8) is 0 Å². The van der Waals surface area contributed by atoms with E-state index in [0.29, 0.717) is 5.56 Å². The fourth-order valence-electron chi connectivity index (χ4n) is 4.50. The van der Waals surface area contributed by atoms with Crippen LogP contribution in [0.2, 0.25) is 0 Å². The normalized spacial score (nSPS) is 24.0. The van der Waals surface area contributed by atoms with Crippen molar-refractivity contribution < 1.29 is 19.5 Å². The first-order valence-corrected chi connectivity index (χ1v) is 12.2. The Labute approximate surface area is 194 Å². The number of aliphatic hydroxyl groups is 1. The molecule has 32 heavy (non-hydrogen) atoms. The highest BCUT2D eigenvalue weighted by Crippen LogP contribution is 2.56. The van der Waals surface area contributed by atoms with Crippen molar-refractivity contribution in [2.24, 2.45) is 11.8 Å². The first-order valence-electron chi connectivity index (χ1n) is 11.3. The fraction of sp³-hybridized carbons (Fsp3) is 0.625. The lowest BCUT2D eigenvalue weighted by Gasteiger charge is -2.32. The summed E-state index contributed by atoms with van der Waals surface area (Å²) < 4.78 is -0.514. The molecule has 0 saturated carbocycles. The molecule has 3 rings (SSSR count). The summed E-state index contributed by atoms with van der Waals surface area (Å²) in [4.78, 5) is 41.4. The lowest BCUT2D eigenvalue weighted by molar-refractivity contribution is -0.133. The Bertz CT molecular complexity index is 888. The van der Waals surface area contributed by atoms with Crippen LogP contribution in [-0.2, 0) is 9.59 Å². The van der Waals surface area contributed by atoms with Gasteiger partial charge in [0.25, 0.3) is 5.91 Å². The molecule has 8 heteroatoms. The number of thioether (sulfide) groups is 1. The van der Waals surface area contributed by atoms with Crippen LogP contribution in [0.4, 0.5) is 0 Å². The van der Waals surface area contributed by atoms with E-state index < -0.39 is 16.8 Å². The first kappa shape index (κ1) is 24.6. The van der Waals surface area contributed by atoms with E-state index in [1.807, 2.05) is 59.7 Å². The molecular weight excluding hydrogens is 426 g/mol. The van der Waals surface area contributed by atoms with Crippen LogP contribution in [0.25, 0.3) is 0 Å². The van der Waals surface area contributed by atoms with E-state index >= 15 is 0 Å². The van der Waals surface area contributed by atoms with Crippen molar-refractivity contribution in [3.05, 3.63) is 35.4 Å². The monoisotopic (exact) mass is 461 g/mol. The maximum atomic E-state index is 13.5. The number of carbonyl (C=O) groups excluding carboxylic acids is 3. The summed E-state index contributed by atoms with van der Waals surface area (Å²) in [5.74, 6) is -0.840. The van der Waals surface area contributed by atoms with Crippen LogP contribution in [0, 0.1) is 11.8 Å². The molecule has 2 aliphatic rings. The lowest BCUT2D eigenvalue weighted by atomic mass is 9.96.